The van der Waals surface area contributed by atoms with E-state index in [-0.39, 0.29) is 18.1 Å². The van der Waals surface area contributed by atoms with Crippen LogP contribution in [-0.2, 0) is 18.3 Å². The molecule has 5 aliphatic rings. The zero-order valence-corrected chi connectivity index (χ0v) is 50.9. The van der Waals surface area contributed by atoms with Crippen LogP contribution < -0.4 is 26.0 Å². The first-order chi connectivity index (χ1) is 43.6. The fourth-order valence-electron chi connectivity index (χ4n) is 14.6. The third kappa shape index (κ3) is 9.57. The van der Waals surface area contributed by atoms with Crippen molar-refractivity contribution in [1.82, 2.24) is 0 Å². The highest BCUT2D eigenvalue weighted by atomic mass is 16.5. The lowest BCUT2D eigenvalue weighted by molar-refractivity contribution is 0.250. The van der Waals surface area contributed by atoms with Crippen LogP contribution in [0.1, 0.15) is 102 Å². The molecule has 4 atom stereocenters. The molecule has 2 heterocycles. The molecule has 436 valence electrons. The minimum Gasteiger partial charge on any atom is -0.483 e. The van der Waals surface area contributed by atoms with E-state index in [1.54, 1.807) is 0 Å². The molecule has 89 heavy (non-hydrogen) atoms. The summed E-state index contributed by atoms with van der Waals surface area (Å²) in [4.78, 5) is 4.94. The number of nitrogens with zero attached hydrogens (tertiary/aromatic N) is 2. The molecule has 4 aliphatic carbocycles. The number of allylic oxidation sites excluding steroid dienone is 4. The molecular formula is C83H72N4O2. The molecule has 1 aliphatic heterocycles. The molecule has 6 heteroatoms. The van der Waals surface area contributed by atoms with Crippen molar-refractivity contribution in [2.45, 2.75) is 76.4 Å². The van der Waals surface area contributed by atoms with Gasteiger partial charge in [-0.15, -0.1) is 0 Å². The van der Waals surface area contributed by atoms with Crippen LogP contribution in [0, 0.1) is 5.92 Å². The zero-order valence-electron chi connectivity index (χ0n) is 50.9. The lowest BCUT2D eigenvalue weighted by atomic mass is 9.65. The maximum atomic E-state index is 7.25. The fraction of sp³-hybridized carbons (Fsp3) is 0.157. The summed E-state index contributed by atoms with van der Waals surface area (Å²) >= 11 is 0. The summed E-state index contributed by atoms with van der Waals surface area (Å²) in [5.74, 6) is 1.85. The predicted molar refractivity (Wildman–Crippen MR) is 372 cm³/mol. The largest absolute Gasteiger partial charge is 0.483 e. The van der Waals surface area contributed by atoms with Crippen LogP contribution in [0.3, 0.4) is 0 Å². The summed E-state index contributed by atoms with van der Waals surface area (Å²) in [6, 6.07) is 80.9. The Balaban J connectivity index is 0.000000418. The minimum absolute atomic E-state index is 0.0302. The van der Waals surface area contributed by atoms with Crippen LogP contribution >= 0.6 is 0 Å². The van der Waals surface area contributed by atoms with Crippen molar-refractivity contribution in [2.75, 3.05) is 21.3 Å². The molecule has 0 amide bonds. The number of hydrogen-bond donors (Lipinski definition) is 2. The molecule has 0 saturated heterocycles. The van der Waals surface area contributed by atoms with Crippen LogP contribution in [0.2, 0.25) is 0 Å². The standard InChI is InChI=1S/C69H58N4O2.C14H14/c1-41(2)43-25-31-47(32-26-43)72(61-19-11-16-53-51-13-6-9-21-63(51)74-67(53)61)49-35-29-45-23-24-46-30-36-50(40-59(46)69(58(45)39-49)56-18-8-5-15-55(56)65-57(69)37-38-60(70)66(65)71)73(48-33-27-44(28-34-48)42(3)4)62-20-12-17-54-52-14-7-10-22-64(52)75-68(54)62;1-3-7-13(8-4-1)11-12-14-9-5-2-6-10-14/h5-33,35-42,48,54,68H,34,70-71H2,1-4H3;1-10H,11-12H2. The van der Waals surface area contributed by atoms with Gasteiger partial charge in [-0.1, -0.05) is 234 Å². The number of ether oxygens (including phenoxy) is 1. The number of fused-ring (bicyclic) bond motifs is 15. The van der Waals surface area contributed by atoms with Crippen molar-refractivity contribution in [3.05, 3.63) is 328 Å². The normalized spacial score (nSPS) is 18.0. The number of rotatable bonds is 11. The zero-order chi connectivity index (χ0) is 60.3. The van der Waals surface area contributed by atoms with Crippen LogP contribution in [0.4, 0.5) is 34.1 Å². The molecule has 4 unspecified atom stereocenters. The molecule has 16 rings (SSSR count). The number of furan rings is 1. The number of nitrogens with two attached hydrogens (primary N) is 2. The monoisotopic (exact) mass is 1160 g/mol. The lowest BCUT2D eigenvalue weighted by Gasteiger charge is -2.41. The Morgan fingerprint density at radius 1 is 0.551 bits per heavy atom. The van der Waals surface area contributed by atoms with Crippen molar-refractivity contribution in [2.24, 2.45) is 5.92 Å². The molecule has 6 nitrogen and oxygen atoms in total. The second kappa shape index (κ2) is 22.8. The Kier molecular flexibility index (Phi) is 14.1. The Labute approximate surface area is 522 Å². The highest BCUT2D eigenvalue weighted by Crippen LogP contribution is 2.62. The molecule has 0 fully saturated rings. The van der Waals surface area contributed by atoms with Crippen LogP contribution in [0.25, 0.3) is 45.2 Å². The summed E-state index contributed by atoms with van der Waals surface area (Å²) in [7, 11) is 0. The van der Waals surface area contributed by atoms with Gasteiger partial charge in [0, 0.05) is 44.9 Å². The fourth-order valence-corrected chi connectivity index (χ4v) is 14.6. The van der Waals surface area contributed by atoms with Crippen molar-refractivity contribution in [1.29, 1.82) is 0 Å². The first-order valence-corrected chi connectivity index (χ1v) is 31.6. The van der Waals surface area contributed by atoms with Gasteiger partial charge in [-0.3, -0.25) is 0 Å². The Hall–Kier alpha value is -10.3. The van der Waals surface area contributed by atoms with Crippen molar-refractivity contribution in [3.8, 4) is 16.9 Å². The van der Waals surface area contributed by atoms with Gasteiger partial charge in [-0.2, -0.15) is 0 Å². The number of anilines is 6. The van der Waals surface area contributed by atoms with E-state index in [0.29, 0.717) is 23.2 Å². The van der Waals surface area contributed by atoms with Crippen molar-refractivity contribution >= 4 is 68.2 Å². The molecule has 1 spiro atoms. The van der Waals surface area contributed by atoms with E-state index < -0.39 is 5.41 Å². The molecule has 0 radical (unpaired) electrons. The van der Waals surface area contributed by atoms with Gasteiger partial charge < -0.3 is 30.4 Å². The second-order valence-electron chi connectivity index (χ2n) is 24.9. The minimum atomic E-state index is -0.852. The van der Waals surface area contributed by atoms with Crippen molar-refractivity contribution < 1.29 is 9.15 Å². The highest BCUT2D eigenvalue weighted by molar-refractivity contribution is 6.10. The number of aryl methyl sites for hydroxylation is 2. The van der Waals surface area contributed by atoms with Gasteiger partial charge in [0.05, 0.1) is 34.2 Å². The maximum Gasteiger partial charge on any atom is 0.159 e. The first-order valence-electron chi connectivity index (χ1n) is 31.6. The van der Waals surface area contributed by atoms with E-state index in [9.17, 15) is 0 Å². The highest BCUT2D eigenvalue weighted by Gasteiger charge is 2.50. The molecule has 4 N–H and O–H groups in total. The summed E-state index contributed by atoms with van der Waals surface area (Å²) in [6.07, 6.45) is 21.5. The summed E-state index contributed by atoms with van der Waals surface area (Å²) in [5, 5.41) is 2.16. The molecular weight excluding hydrogens is 1080 g/mol. The van der Waals surface area contributed by atoms with E-state index >= 15 is 0 Å². The molecule has 10 aromatic carbocycles. The predicted octanol–water partition coefficient (Wildman–Crippen LogP) is 20.4. The molecule has 0 saturated carbocycles. The quantitative estimate of drug-likeness (QED) is 0.126. The van der Waals surface area contributed by atoms with Gasteiger partial charge in [-0.05, 0) is 159 Å². The van der Waals surface area contributed by atoms with Gasteiger partial charge in [0.15, 0.2) is 5.58 Å². The average Bonchev–Trinajstić information content (AvgIpc) is 1.55. The van der Waals surface area contributed by atoms with Crippen LogP contribution in [0.5, 0.6) is 5.75 Å². The van der Waals surface area contributed by atoms with Gasteiger partial charge in [0.1, 0.15) is 17.4 Å². The Morgan fingerprint density at radius 3 is 1.92 bits per heavy atom. The van der Waals surface area contributed by atoms with Crippen molar-refractivity contribution in [3.63, 3.8) is 0 Å². The Morgan fingerprint density at radius 2 is 1.20 bits per heavy atom. The van der Waals surface area contributed by atoms with E-state index in [4.69, 9.17) is 20.6 Å². The lowest BCUT2D eigenvalue weighted by Crippen LogP contribution is -2.41. The van der Waals surface area contributed by atoms with Gasteiger partial charge in [0.2, 0.25) is 0 Å². The number of para-hydroxylation sites is 3. The van der Waals surface area contributed by atoms with E-state index in [1.807, 2.05) is 12.1 Å². The van der Waals surface area contributed by atoms with E-state index in [2.05, 4.69) is 298 Å². The van der Waals surface area contributed by atoms with Crippen LogP contribution in [-0.4, -0.2) is 12.1 Å². The third-order valence-corrected chi connectivity index (χ3v) is 19.1. The topological polar surface area (TPSA) is 80.9 Å². The van der Waals surface area contributed by atoms with E-state index in [1.165, 1.54) is 27.8 Å². The average molecular weight is 1160 g/mol. The second-order valence-corrected chi connectivity index (χ2v) is 24.9. The number of nitrogen functional groups attached to an aromatic ring is 2. The van der Waals surface area contributed by atoms with E-state index in [0.717, 1.165) is 120 Å². The van der Waals surface area contributed by atoms with Gasteiger partial charge in [-0.25, -0.2) is 0 Å². The Bertz CT molecular complexity index is 4640. The number of hydrogen-bond acceptors (Lipinski definition) is 6. The van der Waals surface area contributed by atoms with Crippen LogP contribution in [0.15, 0.2) is 277 Å². The summed E-state index contributed by atoms with van der Waals surface area (Å²) in [5.41, 5.74) is 36.9. The smallest absolute Gasteiger partial charge is 0.159 e. The summed E-state index contributed by atoms with van der Waals surface area (Å²) in [6.45, 7) is 9.04. The maximum absolute atomic E-state index is 7.25. The molecule has 1 aromatic heterocycles. The first kappa shape index (κ1) is 55.3. The number of benzene rings is 10. The van der Waals surface area contributed by atoms with Gasteiger partial charge >= 0.3 is 0 Å². The molecule has 0 bridgehead atoms. The molecule has 11 aromatic rings. The SMILES string of the molecule is CC(C)C1=CCC(N(C2=CC=CC3c4ccccc4OC23)c2ccc3c(c2)C2(c4cc(N(c5ccc(C(C)C)cc5)c5cccc6c5oc5ccccc56)ccc4C=C3)c3ccccc3-c3c2ccc(N)c3N)C=C1.c1ccc(CCc2ccccc2)cc1. The van der Waals surface area contributed by atoms with Gasteiger partial charge in [0.25, 0.3) is 0 Å². The summed E-state index contributed by atoms with van der Waals surface area (Å²) < 4.78 is 13.8. The third-order valence-electron chi connectivity index (χ3n) is 19.1.